The standard InChI is InChI=1S/C14H9Cl2N3O3/c1-2-3-22-12-10(15)5-8(6-11(12)16)4-9(7-17)13(20)19-14(18)21/h1,4-6H,3H2,(H3,18,19,20,21)/b9-4-. The number of hydrogen-bond acceptors (Lipinski definition) is 4. The molecule has 0 fully saturated rings. The van der Waals surface area contributed by atoms with E-state index in [4.69, 9.17) is 45.4 Å². The summed E-state index contributed by atoms with van der Waals surface area (Å²) in [6.45, 7) is -0.0148. The maximum absolute atomic E-state index is 11.6. The molecule has 0 heterocycles. The van der Waals surface area contributed by atoms with E-state index in [1.54, 1.807) is 11.4 Å². The van der Waals surface area contributed by atoms with Crippen molar-refractivity contribution in [2.75, 3.05) is 6.61 Å². The van der Waals surface area contributed by atoms with E-state index in [0.29, 0.717) is 5.56 Å². The Morgan fingerprint density at radius 1 is 1.41 bits per heavy atom. The number of nitrogens with one attached hydrogen (secondary N) is 1. The van der Waals surface area contributed by atoms with E-state index < -0.39 is 11.9 Å². The summed E-state index contributed by atoms with van der Waals surface area (Å²) in [5.74, 6) is 1.53. The number of nitrogens with two attached hydrogens (primary N) is 1. The molecule has 3 N–H and O–H groups in total. The van der Waals surface area contributed by atoms with Crippen LogP contribution < -0.4 is 15.8 Å². The van der Waals surface area contributed by atoms with Crippen LogP contribution in [0, 0.1) is 23.7 Å². The van der Waals surface area contributed by atoms with Gasteiger partial charge in [-0.05, 0) is 23.8 Å². The number of benzene rings is 1. The van der Waals surface area contributed by atoms with Crippen molar-refractivity contribution in [2.24, 2.45) is 5.73 Å². The van der Waals surface area contributed by atoms with Crippen molar-refractivity contribution < 1.29 is 14.3 Å². The highest BCUT2D eigenvalue weighted by Gasteiger charge is 2.13. The zero-order valence-electron chi connectivity index (χ0n) is 11.0. The predicted molar refractivity (Wildman–Crippen MR) is 82.1 cm³/mol. The van der Waals surface area contributed by atoms with Crippen LogP contribution in [-0.4, -0.2) is 18.5 Å². The number of terminal acetylenes is 1. The molecule has 0 atom stereocenters. The lowest BCUT2D eigenvalue weighted by Gasteiger charge is -2.08. The molecule has 0 aliphatic rings. The molecule has 1 aromatic carbocycles. The van der Waals surface area contributed by atoms with Crippen molar-refractivity contribution in [2.45, 2.75) is 0 Å². The molecule has 0 saturated heterocycles. The van der Waals surface area contributed by atoms with Crippen LogP contribution in [0.1, 0.15) is 5.56 Å². The zero-order chi connectivity index (χ0) is 16.7. The van der Waals surface area contributed by atoms with E-state index in [-0.39, 0.29) is 28.0 Å². The van der Waals surface area contributed by atoms with Crippen molar-refractivity contribution in [1.29, 1.82) is 5.26 Å². The van der Waals surface area contributed by atoms with Gasteiger partial charge in [0, 0.05) is 0 Å². The monoisotopic (exact) mass is 337 g/mol. The average molecular weight is 338 g/mol. The van der Waals surface area contributed by atoms with Gasteiger partial charge in [-0.3, -0.25) is 10.1 Å². The fraction of sp³-hybridized carbons (Fsp3) is 0.0714. The number of ether oxygens (including phenoxy) is 1. The molecule has 1 rings (SSSR count). The zero-order valence-corrected chi connectivity index (χ0v) is 12.5. The summed E-state index contributed by atoms with van der Waals surface area (Å²) in [5, 5.41) is 11.0. The molecule has 0 aromatic heterocycles. The minimum atomic E-state index is -1.07. The van der Waals surface area contributed by atoms with Crippen LogP contribution in [0.15, 0.2) is 17.7 Å². The largest absolute Gasteiger partial charge is 0.478 e. The number of carbonyl (C=O) groups excluding carboxylic acids is 2. The number of primary amides is 1. The van der Waals surface area contributed by atoms with Crippen LogP contribution in [0.5, 0.6) is 5.75 Å². The Bertz CT molecular complexity index is 707. The maximum Gasteiger partial charge on any atom is 0.319 e. The average Bonchev–Trinajstić information content (AvgIpc) is 2.43. The van der Waals surface area contributed by atoms with E-state index in [2.05, 4.69) is 5.92 Å². The highest BCUT2D eigenvalue weighted by Crippen LogP contribution is 2.34. The van der Waals surface area contributed by atoms with Crippen molar-refractivity contribution in [3.8, 4) is 24.2 Å². The molecule has 0 unspecified atom stereocenters. The van der Waals surface area contributed by atoms with Crippen LogP contribution >= 0.6 is 23.2 Å². The first-order chi connectivity index (χ1) is 10.4. The highest BCUT2D eigenvalue weighted by atomic mass is 35.5. The predicted octanol–water partition coefficient (Wildman–Crippen LogP) is 2.11. The van der Waals surface area contributed by atoms with E-state index in [1.807, 2.05) is 0 Å². The summed E-state index contributed by atoms with van der Waals surface area (Å²) in [6.07, 6.45) is 6.27. The lowest BCUT2D eigenvalue weighted by molar-refractivity contribution is -0.115. The molecule has 3 amide bonds. The van der Waals surface area contributed by atoms with Gasteiger partial charge in [0.05, 0.1) is 10.0 Å². The van der Waals surface area contributed by atoms with Gasteiger partial charge in [-0.2, -0.15) is 5.26 Å². The van der Waals surface area contributed by atoms with Crippen molar-refractivity contribution in [3.63, 3.8) is 0 Å². The van der Waals surface area contributed by atoms with Crippen molar-refractivity contribution >= 4 is 41.2 Å². The summed E-state index contributed by atoms with van der Waals surface area (Å²) < 4.78 is 5.18. The number of rotatable bonds is 4. The topological polar surface area (TPSA) is 105 Å². The van der Waals surface area contributed by atoms with Gasteiger partial charge in [0.2, 0.25) is 0 Å². The first-order valence-electron chi connectivity index (χ1n) is 5.67. The second kappa shape index (κ2) is 7.94. The first kappa shape index (κ1) is 17.4. The molecule has 0 aliphatic heterocycles. The van der Waals surface area contributed by atoms with Crippen LogP contribution in [0.25, 0.3) is 6.08 Å². The Balaban J connectivity index is 3.15. The summed E-state index contributed by atoms with van der Waals surface area (Å²) >= 11 is 12.0. The van der Waals surface area contributed by atoms with Crippen LogP contribution in [0.4, 0.5) is 4.79 Å². The van der Waals surface area contributed by atoms with Gasteiger partial charge in [0.1, 0.15) is 18.2 Å². The maximum atomic E-state index is 11.6. The molecular formula is C14H9Cl2N3O3. The van der Waals surface area contributed by atoms with E-state index in [9.17, 15) is 9.59 Å². The van der Waals surface area contributed by atoms with Gasteiger partial charge >= 0.3 is 6.03 Å². The van der Waals surface area contributed by atoms with Gasteiger partial charge in [0.25, 0.3) is 5.91 Å². The number of hydrogen-bond donors (Lipinski definition) is 2. The second-order valence-corrected chi connectivity index (χ2v) is 4.61. The summed E-state index contributed by atoms with van der Waals surface area (Å²) in [4.78, 5) is 22.2. The molecule has 0 bridgehead atoms. The molecule has 1 aromatic rings. The Labute approximate surface area is 136 Å². The second-order valence-electron chi connectivity index (χ2n) is 3.79. The molecule has 0 saturated carbocycles. The molecule has 0 radical (unpaired) electrons. The van der Waals surface area contributed by atoms with Crippen LogP contribution in [0.2, 0.25) is 10.0 Å². The number of nitrogens with zero attached hydrogens (tertiary/aromatic N) is 1. The number of amides is 3. The third kappa shape index (κ3) is 4.71. The van der Waals surface area contributed by atoms with E-state index in [1.165, 1.54) is 18.2 Å². The van der Waals surface area contributed by atoms with Crippen LogP contribution in [-0.2, 0) is 4.79 Å². The van der Waals surface area contributed by atoms with Gasteiger partial charge in [-0.1, -0.05) is 29.1 Å². The minimum Gasteiger partial charge on any atom is -0.478 e. The fourth-order valence-electron chi connectivity index (χ4n) is 1.41. The lowest BCUT2D eigenvalue weighted by Crippen LogP contribution is -2.35. The number of imide groups is 1. The molecular weight excluding hydrogens is 329 g/mol. The molecule has 6 nitrogen and oxygen atoms in total. The third-order valence-corrected chi connectivity index (χ3v) is 2.79. The van der Waals surface area contributed by atoms with E-state index in [0.717, 1.165) is 0 Å². The van der Waals surface area contributed by atoms with E-state index >= 15 is 0 Å². The fourth-order valence-corrected chi connectivity index (χ4v) is 2.02. The van der Waals surface area contributed by atoms with Gasteiger partial charge in [-0.25, -0.2) is 4.79 Å². The lowest BCUT2D eigenvalue weighted by atomic mass is 10.1. The molecule has 8 heteroatoms. The van der Waals surface area contributed by atoms with Crippen molar-refractivity contribution in [1.82, 2.24) is 5.32 Å². The first-order valence-corrected chi connectivity index (χ1v) is 6.42. The molecule has 22 heavy (non-hydrogen) atoms. The van der Waals surface area contributed by atoms with Gasteiger partial charge in [-0.15, -0.1) is 6.42 Å². The number of carbonyl (C=O) groups is 2. The Hall–Kier alpha value is -2.67. The number of urea groups is 1. The van der Waals surface area contributed by atoms with Crippen molar-refractivity contribution in [3.05, 3.63) is 33.3 Å². The Morgan fingerprint density at radius 3 is 2.45 bits per heavy atom. The third-order valence-electron chi connectivity index (χ3n) is 2.23. The minimum absolute atomic E-state index is 0.0148. The SMILES string of the molecule is C#CCOc1c(Cl)cc(/C=C(/C#N)C(=O)NC(N)=O)cc1Cl. The quantitative estimate of drug-likeness (QED) is 0.498. The number of nitriles is 1. The van der Waals surface area contributed by atoms with Crippen LogP contribution in [0.3, 0.4) is 0 Å². The Morgan fingerprint density at radius 2 is 2.00 bits per heavy atom. The van der Waals surface area contributed by atoms with Gasteiger partial charge in [0.15, 0.2) is 5.75 Å². The summed E-state index contributed by atoms with van der Waals surface area (Å²) in [5.41, 5.74) is 4.83. The summed E-state index contributed by atoms with van der Waals surface area (Å²) in [7, 11) is 0. The highest BCUT2D eigenvalue weighted by molar-refractivity contribution is 6.37. The van der Waals surface area contributed by atoms with Gasteiger partial charge < -0.3 is 10.5 Å². The molecule has 0 aliphatic carbocycles. The number of halogens is 2. The molecule has 0 spiro atoms. The summed E-state index contributed by atoms with van der Waals surface area (Å²) in [6, 6.07) is 3.42. The molecule has 112 valence electrons. The normalized spacial score (nSPS) is 10.3. The smallest absolute Gasteiger partial charge is 0.319 e. The Kier molecular flexibility index (Phi) is 6.27.